The van der Waals surface area contributed by atoms with Crippen LogP contribution in [-0.2, 0) is 9.59 Å². The number of hydrogen-bond donors (Lipinski definition) is 1. The summed E-state index contributed by atoms with van der Waals surface area (Å²) < 4.78 is 0.968. The summed E-state index contributed by atoms with van der Waals surface area (Å²) in [4.78, 5) is 24.1. The first-order valence-corrected chi connectivity index (χ1v) is 9.81. The zero-order chi connectivity index (χ0) is 15.0. The van der Waals surface area contributed by atoms with Gasteiger partial charge in [-0.15, -0.1) is 33.7 Å². The molecule has 2 aliphatic heterocycles. The van der Waals surface area contributed by atoms with Gasteiger partial charge in [0.15, 0.2) is 4.34 Å². The molecule has 0 aromatic carbocycles. The van der Waals surface area contributed by atoms with Crippen molar-refractivity contribution < 1.29 is 14.7 Å². The smallest absolute Gasteiger partial charge is 0.352 e. The van der Waals surface area contributed by atoms with Gasteiger partial charge in [-0.2, -0.15) is 0 Å². The van der Waals surface area contributed by atoms with Crippen molar-refractivity contribution in [3.63, 3.8) is 0 Å². The fraction of sp³-hybridized carbons (Fsp3) is 0.455. The van der Waals surface area contributed by atoms with Crippen LogP contribution >= 0.6 is 46.6 Å². The van der Waals surface area contributed by atoms with Gasteiger partial charge in [-0.3, -0.25) is 9.69 Å². The van der Waals surface area contributed by atoms with Crippen LogP contribution in [0, 0.1) is 6.92 Å². The van der Waals surface area contributed by atoms with Crippen LogP contribution in [0.15, 0.2) is 16.1 Å². The molecule has 21 heavy (non-hydrogen) atoms. The van der Waals surface area contributed by atoms with Crippen LogP contribution in [-0.4, -0.2) is 47.1 Å². The maximum absolute atomic E-state index is 11.5. The van der Waals surface area contributed by atoms with E-state index in [0.717, 1.165) is 14.4 Å². The minimum atomic E-state index is -1.04. The molecular weight excluding hydrogens is 350 g/mol. The highest BCUT2D eigenvalue weighted by Crippen LogP contribution is 2.45. The van der Waals surface area contributed by atoms with Gasteiger partial charge in [-0.25, -0.2) is 4.79 Å². The molecule has 1 saturated heterocycles. The van der Waals surface area contributed by atoms with Crippen molar-refractivity contribution in [2.75, 3.05) is 5.08 Å². The highest BCUT2D eigenvalue weighted by atomic mass is 32.2. The Bertz CT molecular complexity index is 618. The van der Waals surface area contributed by atoms with Crippen molar-refractivity contribution >= 4 is 58.5 Å². The van der Waals surface area contributed by atoms with Gasteiger partial charge in [0, 0.05) is 5.08 Å². The number of hydrogen-bond acceptors (Lipinski definition) is 8. The number of aliphatic carboxylic acids is 1. The molecule has 2 aliphatic rings. The Morgan fingerprint density at radius 3 is 3.00 bits per heavy atom. The third-order valence-electron chi connectivity index (χ3n) is 2.89. The number of β-lactam (4-membered cyclic amide) rings is 1. The summed E-state index contributed by atoms with van der Waals surface area (Å²) in [5, 5.41) is 18.9. The second kappa shape index (κ2) is 6.19. The number of thioether (sulfide) groups is 3. The summed E-state index contributed by atoms with van der Waals surface area (Å²) in [6, 6.07) is 0. The van der Waals surface area contributed by atoms with Crippen molar-refractivity contribution in [2.24, 2.45) is 0 Å². The van der Waals surface area contributed by atoms with Gasteiger partial charge in [0.1, 0.15) is 10.7 Å². The normalized spacial score (nSPS) is 24.3. The molecule has 6 nitrogen and oxygen atoms in total. The van der Waals surface area contributed by atoms with Crippen molar-refractivity contribution in [3.8, 4) is 0 Å². The predicted molar refractivity (Wildman–Crippen MR) is 85.3 cm³/mol. The summed E-state index contributed by atoms with van der Waals surface area (Å²) in [5.74, 6) is -1.14. The lowest BCUT2D eigenvalue weighted by Crippen LogP contribution is -2.53. The first-order chi connectivity index (χ1) is 10.0. The Morgan fingerprint density at radius 2 is 2.38 bits per heavy atom. The van der Waals surface area contributed by atoms with E-state index in [1.807, 2.05) is 6.92 Å². The summed E-state index contributed by atoms with van der Waals surface area (Å²) in [7, 11) is 0. The van der Waals surface area contributed by atoms with E-state index in [1.54, 1.807) is 52.7 Å². The fourth-order valence-electron chi connectivity index (χ4n) is 1.94. The van der Waals surface area contributed by atoms with Gasteiger partial charge in [-0.1, -0.05) is 23.1 Å². The molecule has 3 rings (SSSR count). The molecule has 1 unspecified atom stereocenters. The second-order valence-electron chi connectivity index (χ2n) is 4.30. The van der Waals surface area contributed by atoms with Crippen molar-refractivity contribution in [3.05, 3.63) is 16.8 Å². The van der Waals surface area contributed by atoms with E-state index in [2.05, 4.69) is 10.2 Å². The zero-order valence-electron chi connectivity index (χ0n) is 10.9. The highest BCUT2D eigenvalue weighted by molar-refractivity contribution is 8.24. The zero-order valence-corrected chi connectivity index (χ0v) is 14.2. The van der Waals surface area contributed by atoms with Gasteiger partial charge >= 0.3 is 5.97 Å². The molecule has 10 heteroatoms. The summed E-state index contributed by atoms with van der Waals surface area (Å²) in [5.41, 5.74) is 0.115. The maximum Gasteiger partial charge on any atom is 0.352 e. The van der Waals surface area contributed by atoms with Crippen molar-refractivity contribution in [2.45, 2.75) is 27.6 Å². The quantitative estimate of drug-likeness (QED) is 0.486. The average Bonchev–Trinajstić information content (AvgIpc) is 2.82. The largest absolute Gasteiger partial charge is 0.477 e. The van der Waals surface area contributed by atoms with Gasteiger partial charge in [0.25, 0.3) is 0 Å². The Kier molecular flexibility index (Phi) is 4.48. The topological polar surface area (TPSA) is 83.4 Å². The Morgan fingerprint density at radius 1 is 1.57 bits per heavy atom. The van der Waals surface area contributed by atoms with Crippen LogP contribution in [0.25, 0.3) is 0 Å². The Balaban J connectivity index is 1.59. The number of rotatable bonds is 5. The van der Waals surface area contributed by atoms with Crippen LogP contribution in [0.3, 0.4) is 0 Å². The monoisotopic (exact) mass is 361 g/mol. The van der Waals surface area contributed by atoms with Gasteiger partial charge < -0.3 is 5.11 Å². The number of nitrogens with zero attached hydrogens (tertiary/aromatic N) is 3. The second-order valence-corrected chi connectivity index (χ2v) is 9.82. The van der Waals surface area contributed by atoms with E-state index in [0.29, 0.717) is 6.42 Å². The molecule has 0 radical (unpaired) electrons. The number of carbonyl (C=O) groups excluding carboxylic acids is 1. The van der Waals surface area contributed by atoms with Crippen LogP contribution in [0.2, 0.25) is 0 Å². The van der Waals surface area contributed by atoms with E-state index in [-0.39, 0.29) is 21.6 Å². The number of amides is 1. The SMILES string of the molecule is Cc1nnc(SCSC2C=C(C(=O)O)N3C(=O)C[C@H]3S2)s1. The predicted octanol–water partition coefficient (Wildman–Crippen LogP) is 2.23. The van der Waals surface area contributed by atoms with Gasteiger partial charge in [0.05, 0.1) is 16.4 Å². The third kappa shape index (κ3) is 3.22. The summed E-state index contributed by atoms with van der Waals surface area (Å²) >= 11 is 6.43. The number of carboxylic acid groups (broad SMARTS) is 1. The molecule has 0 bridgehead atoms. The number of carbonyl (C=O) groups is 2. The minimum absolute atomic E-state index is 0.0279. The molecule has 112 valence electrons. The molecule has 1 N–H and O–H groups in total. The van der Waals surface area contributed by atoms with E-state index >= 15 is 0 Å². The number of carboxylic acids is 1. The van der Waals surface area contributed by atoms with Gasteiger partial charge in [-0.05, 0) is 13.0 Å². The summed E-state index contributed by atoms with van der Waals surface area (Å²) in [6.07, 6.45) is 2.09. The van der Waals surface area contributed by atoms with Gasteiger partial charge in [0.2, 0.25) is 5.91 Å². The Hall–Kier alpha value is -0.710. The molecule has 0 aliphatic carbocycles. The number of aryl methyl sites for hydroxylation is 1. The lowest BCUT2D eigenvalue weighted by molar-refractivity contribution is -0.146. The lowest BCUT2D eigenvalue weighted by Gasteiger charge is -2.44. The molecule has 1 amide bonds. The summed E-state index contributed by atoms with van der Waals surface area (Å²) in [6.45, 7) is 1.91. The Labute approximate surface area is 137 Å². The first-order valence-electron chi connectivity index (χ1n) is 6.02. The van der Waals surface area contributed by atoms with Crippen LogP contribution in [0.1, 0.15) is 11.4 Å². The average molecular weight is 361 g/mol. The third-order valence-corrected chi connectivity index (χ3v) is 7.78. The molecule has 2 atom stereocenters. The van der Waals surface area contributed by atoms with E-state index < -0.39 is 5.97 Å². The molecule has 1 aromatic rings. The van der Waals surface area contributed by atoms with Crippen molar-refractivity contribution in [1.82, 2.24) is 15.1 Å². The van der Waals surface area contributed by atoms with E-state index in [4.69, 9.17) is 0 Å². The molecule has 1 aromatic heterocycles. The minimum Gasteiger partial charge on any atom is -0.477 e. The molecule has 1 fully saturated rings. The first kappa shape index (κ1) is 15.2. The van der Waals surface area contributed by atoms with E-state index in [9.17, 15) is 14.7 Å². The van der Waals surface area contributed by atoms with Crippen molar-refractivity contribution in [1.29, 1.82) is 0 Å². The van der Waals surface area contributed by atoms with Crippen LogP contribution < -0.4 is 0 Å². The molecular formula is C11H11N3O3S4. The fourth-order valence-corrected chi connectivity index (χ4v) is 7.23. The highest BCUT2D eigenvalue weighted by Gasteiger charge is 2.45. The van der Waals surface area contributed by atoms with Crippen LogP contribution in [0.5, 0.6) is 0 Å². The number of aromatic nitrogens is 2. The molecule has 3 heterocycles. The standard InChI is InChI=1S/C11H11N3O3S4/c1-5-12-13-11(20-5)19-4-18-9-2-6(10(16)17)14-7(15)3-8(14)21-9/h2,8-9H,3-4H2,1H3,(H,16,17)/t8-,9?/m1/s1. The lowest BCUT2D eigenvalue weighted by atomic mass is 10.1. The van der Waals surface area contributed by atoms with E-state index in [1.165, 1.54) is 4.90 Å². The van der Waals surface area contributed by atoms with Crippen LogP contribution in [0.4, 0.5) is 0 Å². The molecule has 0 spiro atoms. The maximum atomic E-state index is 11.5. The number of fused-ring (bicyclic) bond motifs is 1. The molecule has 0 saturated carbocycles.